The van der Waals surface area contributed by atoms with Gasteiger partial charge >= 0.3 is 0 Å². The molecule has 1 amide bonds. The van der Waals surface area contributed by atoms with Crippen molar-refractivity contribution in [3.05, 3.63) is 60.4 Å². The molecule has 2 aromatic carbocycles. The molecule has 11 heteroatoms. The number of aromatic nitrogens is 3. The van der Waals surface area contributed by atoms with Crippen LogP contribution < -0.4 is 5.32 Å². The van der Waals surface area contributed by atoms with Crippen LogP contribution in [0.5, 0.6) is 0 Å². The monoisotopic (exact) mass is 442 g/mol. The molecule has 0 fully saturated rings. The zero-order valence-electron chi connectivity index (χ0n) is 16.2. The molecule has 3 aromatic rings. The third kappa shape index (κ3) is 4.07. The van der Waals surface area contributed by atoms with Crippen molar-refractivity contribution < 1.29 is 13.2 Å². The highest BCUT2D eigenvalue weighted by Gasteiger charge is 2.30. The lowest BCUT2D eigenvalue weighted by atomic mass is 10.2. The molecule has 0 radical (unpaired) electrons. The van der Waals surface area contributed by atoms with E-state index in [9.17, 15) is 13.2 Å². The molecule has 154 valence electrons. The van der Waals surface area contributed by atoms with E-state index in [1.807, 2.05) is 23.7 Å². The number of fused-ring (bicyclic) bond motifs is 1. The summed E-state index contributed by atoms with van der Waals surface area (Å²) in [5, 5.41) is 11.4. The van der Waals surface area contributed by atoms with Gasteiger partial charge in [-0.2, -0.15) is 8.42 Å². The van der Waals surface area contributed by atoms with Gasteiger partial charge in [0.05, 0.1) is 6.54 Å². The first-order chi connectivity index (χ1) is 14.3. The van der Waals surface area contributed by atoms with Crippen molar-refractivity contribution in [1.29, 1.82) is 0 Å². The number of nitrogens with zero attached hydrogens (tertiary/aromatic N) is 5. The Morgan fingerprint density at radius 1 is 1.17 bits per heavy atom. The first kappa shape index (κ1) is 20.1. The van der Waals surface area contributed by atoms with Gasteiger partial charge in [-0.25, -0.2) is 0 Å². The molecular formula is C19H18N6O3S2. The Bertz CT molecular complexity index is 1240. The number of carbonyl (C=O) groups is 1. The second-order valence-electron chi connectivity index (χ2n) is 6.64. The molecule has 1 aromatic heterocycles. The number of aryl methyl sites for hydroxylation is 1. The molecule has 0 atom stereocenters. The summed E-state index contributed by atoms with van der Waals surface area (Å²) in [5.74, 6) is -0.0214. The van der Waals surface area contributed by atoms with Crippen molar-refractivity contribution in [1.82, 2.24) is 19.7 Å². The van der Waals surface area contributed by atoms with E-state index in [4.69, 9.17) is 0 Å². The highest BCUT2D eigenvalue weighted by atomic mass is 32.2. The van der Waals surface area contributed by atoms with E-state index in [0.717, 1.165) is 10.1 Å². The highest BCUT2D eigenvalue weighted by molar-refractivity contribution is 7.99. The molecule has 0 saturated heterocycles. The molecule has 1 aliphatic rings. The lowest BCUT2D eigenvalue weighted by Crippen LogP contribution is -2.34. The Balaban J connectivity index is 1.40. The van der Waals surface area contributed by atoms with E-state index in [-0.39, 0.29) is 23.2 Å². The first-order valence-corrected chi connectivity index (χ1v) is 11.2. The number of carbonyl (C=O) groups excluding carboxylic acids is 1. The van der Waals surface area contributed by atoms with Crippen LogP contribution in [-0.2, 0) is 21.9 Å². The number of sulfonamides is 1. The second-order valence-corrected chi connectivity index (χ2v) is 9.25. The fraction of sp³-hybridized carbons (Fsp3) is 0.158. The van der Waals surface area contributed by atoms with Gasteiger partial charge in [0.25, 0.3) is 10.0 Å². The van der Waals surface area contributed by atoms with Gasteiger partial charge in [0.15, 0.2) is 11.0 Å². The minimum atomic E-state index is -3.72. The lowest BCUT2D eigenvalue weighted by Gasteiger charge is -2.18. The van der Waals surface area contributed by atoms with Crippen LogP contribution >= 0.6 is 11.8 Å². The Labute approximate surface area is 177 Å². The maximum atomic E-state index is 12.5. The predicted molar refractivity (Wildman–Crippen MR) is 113 cm³/mol. The van der Waals surface area contributed by atoms with Crippen LogP contribution in [0.2, 0.25) is 0 Å². The van der Waals surface area contributed by atoms with Crippen LogP contribution in [-0.4, -0.2) is 53.4 Å². The summed E-state index contributed by atoms with van der Waals surface area (Å²) in [6.45, 7) is -0.0435. The van der Waals surface area contributed by atoms with Crippen molar-refractivity contribution in [2.24, 2.45) is 11.4 Å². The normalized spacial score (nSPS) is 14.1. The molecule has 0 saturated carbocycles. The number of nitrogens with one attached hydrogen (secondary N) is 1. The molecular weight excluding hydrogens is 424 g/mol. The third-order valence-corrected chi connectivity index (χ3v) is 6.76. The fourth-order valence-electron chi connectivity index (χ4n) is 2.93. The predicted octanol–water partition coefficient (Wildman–Crippen LogP) is 1.99. The fourth-order valence-corrected chi connectivity index (χ4v) is 4.94. The molecule has 0 unspecified atom stereocenters. The van der Waals surface area contributed by atoms with Gasteiger partial charge in [-0.05, 0) is 48.2 Å². The summed E-state index contributed by atoms with van der Waals surface area (Å²) >= 11 is 1.47. The quantitative estimate of drug-likeness (QED) is 0.643. The number of amides is 1. The van der Waals surface area contributed by atoms with E-state index in [0.29, 0.717) is 11.3 Å². The van der Waals surface area contributed by atoms with Gasteiger partial charge in [-0.15, -0.1) is 14.6 Å². The molecule has 0 bridgehead atoms. The Hall–Kier alpha value is -3.18. The van der Waals surface area contributed by atoms with Gasteiger partial charge in [-0.1, -0.05) is 12.1 Å². The van der Waals surface area contributed by atoms with Gasteiger partial charge in [0.1, 0.15) is 11.2 Å². The summed E-state index contributed by atoms with van der Waals surface area (Å²) in [4.78, 5) is 15.1. The molecule has 9 nitrogen and oxygen atoms in total. The highest BCUT2D eigenvalue weighted by Crippen LogP contribution is 2.28. The van der Waals surface area contributed by atoms with Crippen molar-refractivity contribution in [3.63, 3.8) is 0 Å². The van der Waals surface area contributed by atoms with Crippen LogP contribution in [0.4, 0.5) is 5.69 Å². The molecule has 30 heavy (non-hydrogen) atoms. The zero-order chi connectivity index (χ0) is 21.3. The minimum Gasteiger partial charge on any atom is -0.349 e. The zero-order valence-corrected chi connectivity index (χ0v) is 17.8. The SMILES string of the molecule is CN(CC(=O)Nc1ccc(Sc2nncn2C)cc1)C1=NS(=O)(=O)c2ccccc21. The molecule has 2 heterocycles. The largest absolute Gasteiger partial charge is 0.349 e. The van der Waals surface area contributed by atoms with Crippen LogP contribution in [0.1, 0.15) is 5.56 Å². The van der Waals surface area contributed by atoms with E-state index >= 15 is 0 Å². The van der Waals surface area contributed by atoms with E-state index in [1.54, 1.807) is 43.7 Å². The number of amidine groups is 1. The van der Waals surface area contributed by atoms with Crippen molar-refractivity contribution in [2.75, 3.05) is 18.9 Å². The first-order valence-electron chi connectivity index (χ1n) is 8.91. The van der Waals surface area contributed by atoms with Crippen LogP contribution in [0, 0.1) is 0 Å². The summed E-state index contributed by atoms with van der Waals surface area (Å²) in [7, 11) is -0.221. The third-order valence-electron chi connectivity index (χ3n) is 4.37. The smallest absolute Gasteiger partial charge is 0.285 e. The van der Waals surface area contributed by atoms with Crippen molar-refractivity contribution in [3.8, 4) is 0 Å². The number of likely N-dealkylation sites (N-methyl/N-ethyl adjacent to an activating group) is 1. The number of hydrogen-bond acceptors (Lipinski definition) is 7. The number of hydrogen-bond donors (Lipinski definition) is 1. The molecule has 1 aliphatic heterocycles. The van der Waals surface area contributed by atoms with E-state index in [2.05, 4.69) is 19.9 Å². The van der Waals surface area contributed by atoms with Gasteiger partial charge < -0.3 is 14.8 Å². The van der Waals surface area contributed by atoms with Gasteiger partial charge in [0.2, 0.25) is 5.91 Å². The average Bonchev–Trinajstić information content (AvgIpc) is 3.24. The van der Waals surface area contributed by atoms with Crippen molar-refractivity contribution >= 4 is 39.2 Å². The summed E-state index contributed by atoms with van der Waals surface area (Å²) < 4.78 is 30.0. The standard InChI is InChI=1S/C19H18N6O3S2/c1-24(18-15-5-3-4-6-16(15)30(27,28)23-18)11-17(26)21-13-7-9-14(10-8-13)29-19-22-20-12-25(19)2/h3-10,12H,11H2,1-2H3,(H,21,26). The maximum Gasteiger partial charge on any atom is 0.285 e. The maximum absolute atomic E-state index is 12.5. The molecule has 1 N–H and O–H groups in total. The summed E-state index contributed by atoms with van der Waals surface area (Å²) in [5.41, 5.74) is 1.13. The minimum absolute atomic E-state index is 0.0435. The summed E-state index contributed by atoms with van der Waals surface area (Å²) in [6.07, 6.45) is 1.63. The topological polar surface area (TPSA) is 110 Å². The van der Waals surface area contributed by atoms with Crippen LogP contribution in [0.3, 0.4) is 0 Å². The Kier molecular flexibility index (Phi) is 5.31. The van der Waals surface area contributed by atoms with Crippen LogP contribution in [0.25, 0.3) is 0 Å². The molecule has 4 rings (SSSR count). The molecule has 0 aliphatic carbocycles. The van der Waals surface area contributed by atoms with Gasteiger partial charge in [0, 0.05) is 30.2 Å². The Morgan fingerprint density at radius 2 is 1.90 bits per heavy atom. The Morgan fingerprint density at radius 3 is 2.60 bits per heavy atom. The van der Waals surface area contributed by atoms with Gasteiger partial charge in [-0.3, -0.25) is 4.79 Å². The summed E-state index contributed by atoms with van der Waals surface area (Å²) in [6, 6.07) is 13.9. The number of benzene rings is 2. The number of rotatable bonds is 5. The van der Waals surface area contributed by atoms with E-state index in [1.165, 1.54) is 22.7 Å². The lowest BCUT2D eigenvalue weighted by molar-refractivity contribution is -0.116. The van der Waals surface area contributed by atoms with Crippen LogP contribution in [0.15, 0.2) is 74.2 Å². The average molecular weight is 443 g/mol. The van der Waals surface area contributed by atoms with Crippen molar-refractivity contribution in [2.45, 2.75) is 14.9 Å². The molecule has 0 spiro atoms. The van der Waals surface area contributed by atoms with E-state index < -0.39 is 10.0 Å². The number of anilines is 1. The second kappa shape index (κ2) is 7.92.